The van der Waals surface area contributed by atoms with Crippen molar-refractivity contribution in [3.63, 3.8) is 0 Å². The smallest absolute Gasteiger partial charge is 0.255 e. The minimum Gasteiger partial charge on any atom is -0.493 e. The molecule has 27 heavy (non-hydrogen) atoms. The molecule has 1 unspecified atom stereocenters. The van der Waals surface area contributed by atoms with E-state index in [1.165, 1.54) is 26.4 Å². The lowest BCUT2D eigenvalue weighted by Crippen LogP contribution is -2.32. The summed E-state index contributed by atoms with van der Waals surface area (Å²) in [4.78, 5) is 23.5. The van der Waals surface area contributed by atoms with Crippen LogP contribution in [0.15, 0.2) is 42.5 Å². The molecule has 0 saturated carbocycles. The number of rotatable bonds is 9. The Morgan fingerprint density at radius 3 is 2.19 bits per heavy atom. The summed E-state index contributed by atoms with van der Waals surface area (Å²) < 4.78 is 15.8. The molecule has 0 radical (unpaired) electrons. The quantitative estimate of drug-likeness (QED) is 0.602. The highest BCUT2D eigenvalue weighted by atomic mass is 16.5. The fourth-order valence-corrected chi connectivity index (χ4v) is 2.42. The fourth-order valence-electron chi connectivity index (χ4n) is 2.42. The van der Waals surface area contributed by atoms with E-state index in [2.05, 4.69) is 5.32 Å². The van der Waals surface area contributed by atoms with Crippen molar-refractivity contribution < 1.29 is 23.8 Å². The zero-order valence-electron chi connectivity index (χ0n) is 15.2. The normalized spacial score (nSPS) is 11.4. The standard InChI is InChI=1S/C19H23N3O5/c1-25-15-8-13(9-16(26-2)18(15)27-11-17(21)23)19(24)22-10-14(20)12-6-4-3-5-7-12/h3-9,14H,10-11,20H2,1-2H3,(H2,21,23)(H,22,24). The summed E-state index contributed by atoms with van der Waals surface area (Å²) in [7, 11) is 2.83. The monoisotopic (exact) mass is 373 g/mol. The molecule has 0 aliphatic heterocycles. The van der Waals surface area contributed by atoms with Crippen molar-refractivity contribution in [2.75, 3.05) is 27.4 Å². The molecule has 2 aromatic rings. The maximum Gasteiger partial charge on any atom is 0.255 e. The molecule has 1 atom stereocenters. The van der Waals surface area contributed by atoms with Crippen molar-refractivity contribution in [3.8, 4) is 17.2 Å². The van der Waals surface area contributed by atoms with Gasteiger partial charge in [-0.1, -0.05) is 30.3 Å². The molecule has 0 spiro atoms. The molecule has 0 saturated heterocycles. The van der Waals surface area contributed by atoms with Gasteiger partial charge in [0.05, 0.1) is 14.2 Å². The Bertz CT molecular complexity index is 770. The Morgan fingerprint density at radius 2 is 1.67 bits per heavy atom. The lowest BCUT2D eigenvalue weighted by Gasteiger charge is -2.16. The van der Waals surface area contributed by atoms with E-state index in [1.807, 2.05) is 30.3 Å². The topological polar surface area (TPSA) is 126 Å². The van der Waals surface area contributed by atoms with Gasteiger partial charge >= 0.3 is 0 Å². The van der Waals surface area contributed by atoms with Crippen LogP contribution >= 0.6 is 0 Å². The molecule has 8 nitrogen and oxygen atoms in total. The maximum absolute atomic E-state index is 12.5. The molecule has 0 fully saturated rings. The summed E-state index contributed by atoms with van der Waals surface area (Å²) in [6, 6.07) is 12.1. The Balaban J connectivity index is 2.14. The van der Waals surface area contributed by atoms with Crippen molar-refractivity contribution in [2.24, 2.45) is 11.5 Å². The molecule has 2 rings (SSSR count). The van der Waals surface area contributed by atoms with E-state index in [0.717, 1.165) is 5.56 Å². The molecule has 2 aromatic carbocycles. The molecule has 5 N–H and O–H groups in total. The lowest BCUT2D eigenvalue weighted by molar-refractivity contribution is -0.120. The Kier molecular flexibility index (Phi) is 7.01. The zero-order valence-corrected chi connectivity index (χ0v) is 15.2. The van der Waals surface area contributed by atoms with E-state index in [4.69, 9.17) is 25.7 Å². The van der Waals surface area contributed by atoms with Crippen LogP contribution in [0.5, 0.6) is 17.2 Å². The van der Waals surface area contributed by atoms with Gasteiger partial charge in [0.25, 0.3) is 11.8 Å². The summed E-state index contributed by atoms with van der Waals surface area (Å²) in [5.41, 5.74) is 12.4. The Hall–Kier alpha value is -3.26. The highest BCUT2D eigenvalue weighted by Gasteiger charge is 2.19. The number of amides is 2. The molecular weight excluding hydrogens is 350 g/mol. The average molecular weight is 373 g/mol. The molecule has 2 amide bonds. The Morgan fingerprint density at radius 1 is 1.07 bits per heavy atom. The molecule has 8 heteroatoms. The second-order valence-electron chi connectivity index (χ2n) is 5.69. The van der Waals surface area contributed by atoms with Crippen LogP contribution in [0.3, 0.4) is 0 Å². The molecule has 0 bridgehead atoms. The average Bonchev–Trinajstić information content (AvgIpc) is 2.69. The minimum absolute atomic E-state index is 0.191. The highest BCUT2D eigenvalue weighted by Crippen LogP contribution is 2.38. The number of nitrogens with one attached hydrogen (secondary N) is 1. The van der Waals surface area contributed by atoms with Crippen LogP contribution in [0.25, 0.3) is 0 Å². The minimum atomic E-state index is -0.643. The largest absolute Gasteiger partial charge is 0.493 e. The first-order chi connectivity index (χ1) is 13.0. The molecule has 0 aromatic heterocycles. The molecule has 144 valence electrons. The summed E-state index contributed by atoms with van der Waals surface area (Å²) in [5, 5.41) is 2.78. The van der Waals surface area contributed by atoms with E-state index in [-0.39, 0.29) is 42.3 Å². The van der Waals surface area contributed by atoms with E-state index in [9.17, 15) is 9.59 Å². The number of carbonyl (C=O) groups is 2. The van der Waals surface area contributed by atoms with Gasteiger partial charge < -0.3 is 31.0 Å². The molecule has 0 heterocycles. The summed E-state index contributed by atoms with van der Waals surface area (Å²) in [6.07, 6.45) is 0. The zero-order chi connectivity index (χ0) is 19.8. The number of nitrogens with two attached hydrogens (primary N) is 2. The van der Waals surface area contributed by atoms with Gasteiger partial charge in [-0.2, -0.15) is 0 Å². The summed E-state index contributed by atoms with van der Waals surface area (Å²) in [5.74, 6) is -0.312. The van der Waals surface area contributed by atoms with Gasteiger partial charge in [-0.25, -0.2) is 0 Å². The van der Waals surface area contributed by atoms with Crippen molar-refractivity contribution in [2.45, 2.75) is 6.04 Å². The first-order valence-electron chi connectivity index (χ1n) is 8.22. The summed E-state index contributed by atoms with van der Waals surface area (Å²) in [6.45, 7) is -0.0857. The van der Waals surface area contributed by atoms with Crippen LogP contribution in [0.2, 0.25) is 0 Å². The van der Waals surface area contributed by atoms with Gasteiger partial charge in [0.15, 0.2) is 18.1 Å². The number of methoxy groups -OCH3 is 2. The number of primary amides is 1. The van der Waals surface area contributed by atoms with E-state index in [1.54, 1.807) is 0 Å². The van der Waals surface area contributed by atoms with Crippen molar-refractivity contribution in [1.82, 2.24) is 5.32 Å². The van der Waals surface area contributed by atoms with E-state index < -0.39 is 5.91 Å². The van der Waals surface area contributed by atoms with Gasteiger partial charge in [0, 0.05) is 18.2 Å². The number of carbonyl (C=O) groups excluding carboxylic acids is 2. The van der Waals surface area contributed by atoms with E-state index >= 15 is 0 Å². The van der Waals surface area contributed by atoms with Gasteiger partial charge in [-0.15, -0.1) is 0 Å². The predicted octanol–water partition coefficient (Wildman–Crippen LogP) is 0.998. The van der Waals surface area contributed by atoms with E-state index in [0.29, 0.717) is 5.56 Å². The van der Waals surface area contributed by atoms with Crippen LogP contribution in [-0.4, -0.2) is 39.2 Å². The van der Waals surface area contributed by atoms with Gasteiger partial charge in [0.1, 0.15) is 0 Å². The van der Waals surface area contributed by atoms with Crippen LogP contribution in [0.1, 0.15) is 22.0 Å². The number of hydrogen-bond donors (Lipinski definition) is 3. The molecular formula is C19H23N3O5. The van der Waals surface area contributed by atoms with Crippen molar-refractivity contribution >= 4 is 11.8 Å². The van der Waals surface area contributed by atoms with Crippen LogP contribution in [0.4, 0.5) is 0 Å². The third kappa shape index (κ3) is 5.35. The van der Waals surface area contributed by atoms with Crippen molar-refractivity contribution in [1.29, 1.82) is 0 Å². The highest BCUT2D eigenvalue weighted by molar-refractivity contribution is 5.95. The first-order valence-corrected chi connectivity index (χ1v) is 8.22. The lowest BCUT2D eigenvalue weighted by atomic mass is 10.1. The van der Waals surface area contributed by atoms with Crippen LogP contribution < -0.4 is 31.0 Å². The maximum atomic E-state index is 12.5. The van der Waals surface area contributed by atoms with Crippen LogP contribution in [-0.2, 0) is 4.79 Å². The SMILES string of the molecule is COc1cc(C(=O)NCC(N)c2ccccc2)cc(OC)c1OCC(N)=O. The van der Waals surface area contributed by atoms with Crippen molar-refractivity contribution in [3.05, 3.63) is 53.6 Å². The second kappa shape index (κ2) is 9.44. The Labute approximate surface area is 157 Å². The first kappa shape index (κ1) is 20.1. The number of benzene rings is 2. The molecule has 0 aliphatic carbocycles. The molecule has 0 aliphatic rings. The third-order valence-corrected chi connectivity index (χ3v) is 3.79. The van der Waals surface area contributed by atoms with Gasteiger partial charge in [-0.05, 0) is 17.7 Å². The second-order valence-corrected chi connectivity index (χ2v) is 5.69. The van der Waals surface area contributed by atoms with Gasteiger partial charge in [0.2, 0.25) is 5.75 Å². The number of ether oxygens (including phenoxy) is 3. The fraction of sp³-hybridized carbons (Fsp3) is 0.263. The summed E-state index contributed by atoms with van der Waals surface area (Å²) >= 11 is 0. The predicted molar refractivity (Wildman–Crippen MR) is 99.9 cm³/mol. The third-order valence-electron chi connectivity index (χ3n) is 3.79. The van der Waals surface area contributed by atoms with Crippen LogP contribution in [0, 0.1) is 0 Å². The number of hydrogen-bond acceptors (Lipinski definition) is 6. The van der Waals surface area contributed by atoms with Gasteiger partial charge in [-0.3, -0.25) is 9.59 Å².